The molecule has 0 aromatic heterocycles. The number of rotatable bonds is 6. The first-order valence-corrected chi connectivity index (χ1v) is 17.1. The van der Waals surface area contributed by atoms with Gasteiger partial charge in [0.2, 0.25) is 11.8 Å². The third-order valence-corrected chi connectivity index (χ3v) is 10.3. The molecule has 1 saturated carbocycles. The van der Waals surface area contributed by atoms with E-state index in [1.807, 2.05) is 25.7 Å². The van der Waals surface area contributed by atoms with Crippen LogP contribution in [0.5, 0.6) is 0 Å². The highest BCUT2D eigenvalue weighted by Crippen LogP contribution is 2.34. The minimum Gasteiger partial charge on any atom is -0.444 e. The van der Waals surface area contributed by atoms with Crippen molar-refractivity contribution < 1.29 is 28.3 Å². The second-order valence-electron chi connectivity index (χ2n) is 14.8. The van der Waals surface area contributed by atoms with Crippen LogP contribution >= 0.6 is 0 Å². The lowest BCUT2D eigenvalue weighted by molar-refractivity contribution is -0.136. The third-order valence-electron chi connectivity index (χ3n) is 10.3. The van der Waals surface area contributed by atoms with Crippen LogP contribution in [0.1, 0.15) is 75.2 Å². The van der Waals surface area contributed by atoms with Crippen LogP contribution in [0.4, 0.5) is 14.9 Å². The summed E-state index contributed by atoms with van der Waals surface area (Å²) in [5.41, 5.74) is 1.09. The number of benzene rings is 1. The van der Waals surface area contributed by atoms with Gasteiger partial charge < -0.3 is 19.4 Å². The lowest BCUT2D eigenvalue weighted by Crippen LogP contribution is -2.52. The first-order chi connectivity index (χ1) is 21.9. The molecule has 1 atom stereocenters. The van der Waals surface area contributed by atoms with Crippen molar-refractivity contribution in [2.75, 3.05) is 70.3 Å². The van der Waals surface area contributed by atoms with Gasteiger partial charge in [-0.2, -0.15) is 0 Å². The molecule has 0 spiro atoms. The fraction of sp³-hybridized carbons (Fsp3) is 0.706. The molecule has 3 saturated heterocycles. The molecule has 252 valence electrons. The minimum absolute atomic E-state index is 0.193. The van der Waals surface area contributed by atoms with Gasteiger partial charge in [-0.05, 0) is 82.4 Å². The lowest BCUT2D eigenvalue weighted by atomic mass is 9.81. The number of ether oxygens (including phenoxy) is 1. The topological polar surface area (TPSA) is 106 Å². The maximum Gasteiger partial charge on any atom is 0.410 e. The number of hydrogen-bond acceptors (Lipinski definition) is 8. The molecular weight excluding hydrogens is 591 g/mol. The molecule has 4 aliphatic heterocycles. The fourth-order valence-corrected chi connectivity index (χ4v) is 7.76. The normalized spacial score (nSPS) is 26.7. The van der Waals surface area contributed by atoms with Gasteiger partial charge in [-0.15, -0.1) is 0 Å². The molecule has 1 aliphatic carbocycles. The van der Waals surface area contributed by atoms with Crippen molar-refractivity contribution in [2.24, 2.45) is 11.8 Å². The number of fused-ring (bicyclic) bond motifs is 1. The van der Waals surface area contributed by atoms with Crippen LogP contribution in [0.25, 0.3) is 0 Å². The molecule has 12 heteroatoms. The summed E-state index contributed by atoms with van der Waals surface area (Å²) in [4.78, 5) is 59.7. The Kier molecular flexibility index (Phi) is 9.57. The van der Waals surface area contributed by atoms with Gasteiger partial charge in [0.05, 0.1) is 5.69 Å². The number of halogens is 1. The summed E-state index contributed by atoms with van der Waals surface area (Å²) in [5.74, 6) is -0.146. The number of amides is 4. The van der Waals surface area contributed by atoms with E-state index >= 15 is 4.39 Å². The van der Waals surface area contributed by atoms with E-state index in [4.69, 9.17) is 4.74 Å². The summed E-state index contributed by atoms with van der Waals surface area (Å²) in [5, 5.41) is 2.31. The molecule has 46 heavy (non-hydrogen) atoms. The molecule has 4 amide bonds. The average Bonchev–Trinajstić information content (AvgIpc) is 3.32. The van der Waals surface area contributed by atoms with Crippen molar-refractivity contribution in [1.82, 2.24) is 24.9 Å². The maximum absolute atomic E-state index is 15.3. The molecule has 6 rings (SSSR count). The molecule has 4 fully saturated rings. The van der Waals surface area contributed by atoms with Crippen LogP contribution in [-0.4, -0.2) is 121 Å². The number of carbonyl (C=O) groups is 4. The van der Waals surface area contributed by atoms with Gasteiger partial charge in [-0.1, -0.05) is 0 Å². The summed E-state index contributed by atoms with van der Waals surface area (Å²) in [6.45, 7) is 14.6. The largest absolute Gasteiger partial charge is 0.444 e. The Bertz CT molecular complexity index is 1330. The predicted molar refractivity (Wildman–Crippen MR) is 171 cm³/mol. The molecular formula is C34H49FN6O5. The van der Waals surface area contributed by atoms with E-state index in [0.717, 1.165) is 71.0 Å². The van der Waals surface area contributed by atoms with E-state index < -0.39 is 23.4 Å². The van der Waals surface area contributed by atoms with E-state index in [2.05, 4.69) is 20.0 Å². The number of carbonyl (C=O) groups excluding carboxylic acids is 4. The lowest BCUT2D eigenvalue weighted by Gasteiger charge is -2.40. The third kappa shape index (κ3) is 7.48. The zero-order valence-electron chi connectivity index (χ0n) is 27.6. The molecule has 1 aromatic rings. The van der Waals surface area contributed by atoms with Crippen molar-refractivity contribution in [3.8, 4) is 0 Å². The molecule has 0 radical (unpaired) electrons. The van der Waals surface area contributed by atoms with Crippen LogP contribution in [0, 0.1) is 17.7 Å². The number of anilines is 1. The SMILES string of the molecule is CC(C)(C)OC(=O)N1CCN(CC2CCC(CN3CCN(c4cc5c(cc4F)C(=O)N(C4CCC(=O)NC4=O)C5)CC3)CC2)CC1. The number of nitrogens with one attached hydrogen (secondary N) is 1. The Morgan fingerprint density at radius 2 is 1.46 bits per heavy atom. The zero-order valence-corrected chi connectivity index (χ0v) is 27.6. The first kappa shape index (κ1) is 32.7. The molecule has 1 N–H and O–H groups in total. The van der Waals surface area contributed by atoms with E-state index in [0.29, 0.717) is 23.1 Å². The molecule has 1 unspecified atom stereocenters. The second kappa shape index (κ2) is 13.5. The maximum atomic E-state index is 15.3. The van der Waals surface area contributed by atoms with Crippen molar-refractivity contribution in [2.45, 2.75) is 77.5 Å². The highest BCUT2D eigenvalue weighted by Gasteiger charge is 2.40. The fourth-order valence-electron chi connectivity index (χ4n) is 7.76. The van der Waals surface area contributed by atoms with E-state index in [-0.39, 0.29) is 37.3 Å². The van der Waals surface area contributed by atoms with E-state index in [1.54, 1.807) is 6.07 Å². The summed E-state index contributed by atoms with van der Waals surface area (Å²) in [6.07, 6.45) is 5.23. The van der Waals surface area contributed by atoms with Crippen LogP contribution in [0.15, 0.2) is 12.1 Å². The highest BCUT2D eigenvalue weighted by atomic mass is 19.1. The first-order valence-electron chi connectivity index (χ1n) is 17.1. The molecule has 4 heterocycles. The number of imide groups is 1. The molecule has 1 aromatic carbocycles. The van der Waals surface area contributed by atoms with Gasteiger partial charge in [0.15, 0.2) is 0 Å². The highest BCUT2D eigenvalue weighted by molar-refractivity contribution is 6.05. The van der Waals surface area contributed by atoms with Gasteiger partial charge >= 0.3 is 6.09 Å². The number of piperidine rings is 1. The Morgan fingerprint density at radius 1 is 0.870 bits per heavy atom. The van der Waals surface area contributed by atoms with Gasteiger partial charge in [0.1, 0.15) is 17.5 Å². The Hall–Kier alpha value is -3.25. The quantitative estimate of drug-likeness (QED) is 0.474. The summed E-state index contributed by atoms with van der Waals surface area (Å²) >= 11 is 0. The molecule has 0 bridgehead atoms. The molecule has 5 aliphatic rings. The van der Waals surface area contributed by atoms with Crippen molar-refractivity contribution in [3.05, 3.63) is 29.1 Å². The summed E-state index contributed by atoms with van der Waals surface area (Å²) in [6, 6.07) is 2.40. The van der Waals surface area contributed by atoms with E-state index in [9.17, 15) is 19.2 Å². The predicted octanol–water partition coefficient (Wildman–Crippen LogP) is 3.07. The van der Waals surface area contributed by atoms with Gasteiger partial charge in [-0.25, -0.2) is 9.18 Å². The van der Waals surface area contributed by atoms with Crippen molar-refractivity contribution in [3.63, 3.8) is 0 Å². The zero-order chi connectivity index (χ0) is 32.6. The van der Waals surface area contributed by atoms with E-state index in [1.165, 1.54) is 36.6 Å². The minimum atomic E-state index is -0.704. The number of piperazine rings is 2. The summed E-state index contributed by atoms with van der Waals surface area (Å²) in [7, 11) is 0. The smallest absolute Gasteiger partial charge is 0.410 e. The van der Waals surface area contributed by atoms with Crippen molar-refractivity contribution in [1.29, 1.82) is 0 Å². The van der Waals surface area contributed by atoms with Gasteiger partial charge in [-0.3, -0.25) is 29.5 Å². The van der Waals surface area contributed by atoms with Crippen molar-refractivity contribution >= 4 is 29.5 Å². The second-order valence-corrected chi connectivity index (χ2v) is 14.8. The van der Waals surface area contributed by atoms with Crippen LogP contribution in [-0.2, 0) is 20.9 Å². The standard InChI is InChI=1S/C34H49FN6O5/c1-34(2,3)46-33(45)40-16-12-38(13-17-40)21-24-6-4-23(5-7-24)20-37-10-14-39(15-11-37)29-18-25-22-41(32(44)26(25)19-27(29)35)28-8-9-30(42)36-31(28)43/h18-19,23-24,28H,4-17,20-22H2,1-3H3,(H,36,42,43). The van der Waals surface area contributed by atoms with Crippen LogP contribution in [0.2, 0.25) is 0 Å². The Balaban J connectivity index is 0.924. The number of hydrogen-bond donors (Lipinski definition) is 1. The van der Waals surface area contributed by atoms with Crippen LogP contribution < -0.4 is 10.2 Å². The average molecular weight is 641 g/mol. The van der Waals surface area contributed by atoms with Gasteiger partial charge in [0, 0.05) is 84.0 Å². The number of nitrogens with zero attached hydrogens (tertiary/aromatic N) is 5. The Labute approximate surface area is 271 Å². The van der Waals surface area contributed by atoms with Crippen LogP contribution in [0.3, 0.4) is 0 Å². The monoisotopic (exact) mass is 640 g/mol. The molecule has 11 nitrogen and oxygen atoms in total. The van der Waals surface area contributed by atoms with Gasteiger partial charge in [0.25, 0.3) is 5.91 Å². The summed E-state index contributed by atoms with van der Waals surface area (Å²) < 4.78 is 20.8. The Morgan fingerprint density at radius 3 is 2.02 bits per heavy atom.